The van der Waals surface area contributed by atoms with Gasteiger partial charge in [0.15, 0.2) is 5.54 Å². The quantitative estimate of drug-likeness (QED) is 0.387. The van der Waals surface area contributed by atoms with E-state index >= 15 is 0 Å². The number of urea groups is 1. The predicted molar refractivity (Wildman–Crippen MR) is 138 cm³/mol. The van der Waals surface area contributed by atoms with Crippen molar-refractivity contribution in [3.63, 3.8) is 0 Å². The van der Waals surface area contributed by atoms with E-state index in [0.29, 0.717) is 24.6 Å². The van der Waals surface area contributed by atoms with Crippen molar-refractivity contribution in [3.05, 3.63) is 89.6 Å². The highest BCUT2D eigenvalue weighted by Crippen LogP contribution is 2.52. The molecule has 0 aliphatic carbocycles. The Labute approximate surface area is 209 Å². The summed E-state index contributed by atoms with van der Waals surface area (Å²) in [5, 5.41) is 1.04. The van der Waals surface area contributed by atoms with Crippen molar-refractivity contribution in [1.29, 1.82) is 0 Å². The first-order valence-electron chi connectivity index (χ1n) is 12.1. The Bertz CT molecular complexity index is 1510. The molecular weight excluding hydrogens is 454 g/mol. The lowest BCUT2D eigenvalue weighted by Gasteiger charge is -2.40. The number of imide groups is 1. The van der Waals surface area contributed by atoms with Gasteiger partial charge in [-0.1, -0.05) is 48.5 Å². The Balaban J connectivity index is 1.58. The number of ether oxygens (including phenoxy) is 2. The van der Waals surface area contributed by atoms with E-state index in [4.69, 9.17) is 9.47 Å². The Morgan fingerprint density at radius 2 is 1.67 bits per heavy atom. The summed E-state index contributed by atoms with van der Waals surface area (Å²) in [7, 11) is 1.65. The highest BCUT2D eigenvalue weighted by Gasteiger charge is 2.61. The fraction of sp³-hybridized carbons (Fsp3) is 0.241. The molecule has 0 spiro atoms. The van der Waals surface area contributed by atoms with Gasteiger partial charge in [0, 0.05) is 28.9 Å². The van der Waals surface area contributed by atoms with Crippen LogP contribution in [0.15, 0.2) is 72.8 Å². The molecule has 1 N–H and O–H groups in total. The van der Waals surface area contributed by atoms with E-state index in [1.54, 1.807) is 24.1 Å². The molecule has 182 valence electrons. The number of carbonyl (C=O) groups is 2. The van der Waals surface area contributed by atoms with E-state index in [2.05, 4.69) is 11.1 Å². The molecule has 2 aliphatic rings. The molecule has 7 nitrogen and oxygen atoms in total. The predicted octanol–water partition coefficient (Wildman–Crippen LogP) is 5.40. The number of H-pyrrole nitrogens is 1. The standard InChI is InChI=1S/C29H27N3O4/c1-4-36-24-16-10-8-14-22(24)32-27(33)29(2)26-25(19-12-5-7-13-21(19)30-26)20(17-31(29)28(32)34)18-11-6-9-15-23(18)35-3/h5-16,20,30H,4,17H2,1-3H3. The maximum Gasteiger partial charge on any atom is 0.332 e. The molecule has 2 unspecified atom stereocenters. The molecule has 0 bridgehead atoms. The first-order chi connectivity index (χ1) is 17.5. The molecule has 6 rings (SSSR count). The lowest BCUT2D eigenvalue weighted by atomic mass is 9.78. The van der Waals surface area contributed by atoms with Crippen LogP contribution in [0.25, 0.3) is 10.9 Å². The Kier molecular flexibility index (Phi) is 5.03. The van der Waals surface area contributed by atoms with Crippen LogP contribution < -0.4 is 14.4 Å². The summed E-state index contributed by atoms with van der Waals surface area (Å²) in [6, 6.07) is 22.7. The van der Waals surface area contributed by atoms with Gasteiger partial charge in [-0.05, 0) is 43.7 Å². The number of nitrogens with one attached hydrogen (secondary N) is 1. The number of nitrogens with zero attached hydrogens (tertiary/aromatic N) is 2. The van der Waals surface area contributed by atoms with E-state index in [0.717, 1.165) is 33.5 Å². The van der Waals surface area contributed by atoms with E-state index in [1.165, 1.54) is 4.90 Å². The molecule has 4 aromatic rings. The largest absolute Gasteiger partial charge is 0.496 e. The number of rotatable bonds is 5. The van der Waals surface area contributed by atoms with Crippen molar-refractivity contribution >= 4 is 28.5 Å². The average molecular weight is 482 g/mol. The number of para-hydroxylation sites is 4. The zero-order valence-electron chi connectivity index (χ0n) is 20.4. The third kappa shape index (κ3) is 2.92. The van der Waals surface area contributed by atoms with E-state index in [-0.39, 0.29) is 17.9 Å². The summed E-state index contributed by atoms with van der Waals surface area (Å²) in [5.41, 5.74) is 2.93. The molecule has 1 saturated heterocycles. The first kappa shape index (κ1) is 22.2. The van der Waals surface area contributed by atoms with Gasteiger partial charge in [-0.25, -0.2) is 9.69 Å². The number of carbonyl (C=O) groups excluding carboxylic acids is 2. The molecule has 7 heteroatoms. The second kappa shape index (κ2) is 8.16. The fourth-order valence-electron chi connectivity index (χ4n) is 5.76. The topological polar surface area (TPSA) is 74.9 Å². The average Bonchev–Trinajstić information content (AvgIpc) is 3.38. The van der Waals surface area contributed by atoms with Gasteiger partial charge in [0.25, 0.3) is 5.91 Å². The number of anilines is 1. The van der Waals surface area contributed by atoms with E-state index in [9.17, 15) is 9.59 Å². The van der Waals surface area contributed by atoms with Gasteiger partial charge in [0.2, 0.25) is 0 Å². The molecule has 1 fully saturated rings. The summed E-state index contributed by atoms with van der Waals surface area (Å²) in [5.74, 6) is 0.771. The van der Waals surface area contributed by atoms with Gasteiger partial charge in [-0.2, -0.15) is 0 Å². The van der Waals surface area contributed by atoms with Gasteiger partial charge in [-0.3, -0.25) is 4.79 Å². The van der Waals surface area contributed by atoms with Gasteiger partial charge >= 0.3 is 6.03 Å². The molecule has 3 heterocycles. The maximum atomic E-state index is 14.2. The number of fused-ring (bicyclic) bond motifs is 5. The third-order valence-electron chi connectivity index (χ3n) is 7.45. The number of hydrogen-bond donors (Lipinski definition) is 1. The molecule has 2 atom stereocenters. The number of hydrogen-bond acceptors (Lipinski definition) is 4. The minimum absolute atomic E-state index is 0.181. The molecule has 1 aromatic heterocycles. The number of methoxy groups -OCH3 is 1. The van der Waals surface area contributed by atoms with E-state index in [1.807, 2.05) is 68.4 Å². The van der Waals surface area contributed by atoms with Crippen LogP contribution in [0.5, 0.6) is 11.5 Å². The molecule has 36 heavy (non-hydrogen) atoms. The third-order valence-corrected chi connectivity index (χ3v) is 7.45. The van der Waals surface area contributed by atoms with Crippen LogP contribution in [0.3, 0.4) is 0 Å². The highest BCUT2D eigenvalue weighted by atomic mass is 16.5. The Morgan fingerprint density at radius 3 is 2.44 bits per heavy atom. The zero-order chi connectivity index (χ0) is 25.0. The summed E-state index contributed by atoms with van der Waals surface area (Å²) in [4.78, 5) is 34.7. The van der Waals surface area contributed by atoms with E-state index < -0.39 is 5.54 Å². The SMILES string of the molecule is CCOc1ccccc1N1C(=O)N2CC(c3ccccc3OC)c3c([nH]c4ccccc34)C2(C)C1=O. The van der Waals surface area contributed by atoms with Crippen molar-refractivity contribution in [1.82, 2.24) is 9.88 Å². The summed E-state index contributed by atoms with van der Waals surface area (Å²) in [6.45, 7) is 4.48. The number of amides is 3. The molecular formula is C29H27N3O4. The second-order valence-electron chi connectivity index (χ2n) is 9.26. The minimum atomic E-state index is -1.19. The highest BCUT2D eigenvalue weighted by molar-refractivity contribution is 6.24. The van der Waals surface area contributed by atoms with Crippen LogP contribution in [-0.4, -0.2) is 42.1 Å². The molecule has 3 amide bonds. The van der Waals surface area contributed by atoms with Gasteiger partial charge in [0.05, 0.1) is 25.1 Å². The second-order valence-corrected chi connectivity index (χ2v) is 9.26. The fourth-order valence-corrected chi connectivity index (χ4v) is 5.76. The van der Waals surface area contributed by atoms with Gasteiger partial charge in [-0.15, -0.1) is 0 Å². The van der Waals surface area contributed by atoms with Gasteiger partial charge in [0.1, 0.15) is 11.5 Å². The Morgan fingerprint density at radius 1 is 0.972 bits per heavy atom. The van der Waals surface area contributed by atoms with Crippen molar-refractivity contribution < 1.29 is 19.1 Å². The molecule has 0 radical (unpaired) electrons. The maximum absolute atomic E-state index is 14.2. The smallest absolute Gasteiger partial charge is 0.332 e. The van der Waals surface area contributed by atoms with Crippen LogP contribution in [0, 0.1) is 0 Å². The molecule has 0 saturated carbocycles. The lowest BCUT2D eigenvalue weighted by Crippen LogP contribution is -2.50. The monoisotopic (exact) mass is 481 g/mol. The van der Waals surface area contributed by atoms with Crippen LogP contribution >= 0.6 is 0 Å². The van der Waals surface area contributed by atoms with Crippen LogP contribution in [-0.2, 0) is 10.3 Å². The number of aromatic amines is 1. The normalized spacial score (nSPS) is 21.0. The van der Waals surface area contributed by atoms with Crippen molar-refractivity contribution in [2.75, 3.05) is 25.2 Å². The summed E-state index contributed by atoms with van der Waals surface area (Å²) in [6.07, 6.45) is 0. The number of benzene rings is 3. The first-order valence-corrected chi connectivity index (χ1v) is 12.1. The zero-order valence-corrected chi connectivity index (χ0v) is 20.4. The van der Waals surface area contributed by atoms with Crippen molar-refractivity contribution in [2.24, 2.45) is 0 Å². The van der Waals surface area contributed by atoms with Crippen LogP contribution in [0.4, 0.5) is 10.5 Å². The van der Waals surface area contributed by atoms with Crippen molar-refractivity contribution in [3.8, 4) is 11.5 Å². The van der Waals surface area contributed by atoms with Crippen molar-refractivity contribution in [2.45, 2.75) is 25.3 Å². The van der Waals surface area contributed by atoms with Crippen LogP contribution in [0.1, 0.15) is 36.6 Å². The number of aromatic nitrogens is 1. The lowest BCUT2D eigenvalue weighted by molar-refractivity contribution is -0.125. The van der Waals surface area contributed by atoms with Gasteiger partial charge < -0.3 is 19.4 Å². The molecule has 3 aromatic carbocycles. The summed E-state index contributed by atoms with van der Waals surface area (Å²) >= 11 is 0. The Hall–Kier alpha value is -4.26. The minimum Gasteiger partial charge on any atom is -0.496 e. The molecule has 2 aliphatic heterocycles. The summed E-state index contributed by atoms with van der Waals surface area (Å²) < 4.78 is 11.5. The van der Waals surface area contributed by atoms with Crippen LogP contribution in [0.2, 0.25) is 0 Å².